The number of aliphatic carboxylic acids is 1. The van der Waals surface area contributed by atoms with E-state index >= 15 is 0 Å². The molecule has 1 saturated heterocycles. The maximum atomic E-state index is 12.8. The van der Waals surface area contributed by atoms with Crippen LogP contribution in [0.1, 0.15) is 26.7 Å². The Morgan fingerprint density at radius 3 is 2.44 bits per heavy atom. The minimum Gasteiger partial charge on any atom is -0.480 e. The van der Waals surface area contributed by atoms with Gasteiger partial charge in [0.05, 0.1) is 0 Å². The van der Waals surface area contributed by atoms with E-state index in [1.807, 2.05) is 0 Å². The van der Waals surface area contributed by atoms with Crippen molar-refractivity contribution in [1.29, 1.82) is 0 Å². The van der Waals surface area contributed by atoms with Crippen molar-refractivity contribution in [1.82, 2.24) is 4.90 Å². The van der Waals surface area contributed by atoms with Crippen molar-refractivity contribution in [2.24, 2.45) is 5.92 Å². The number of halogens is 1. The number of carboxylic acid groups (broad SMARTS) is 1. The summed E-state index contributed by atoms with van der Waals surface area (Å²) in [6, 6.07) is -1.09. The number of carboxylic acids is 1. The van der Waals surface area contributed by atoms with Gasteiger partial charge in [-0.1, -0.05) is 13.8 Å². The third-order valence-corrected chi connectivity index (χ3v) is 3.99. The van der Waals surface area contributed by atoms with Crippen molar-refractivity contribution in [3.63, 3.8) is 0 Å². The van der Waals surface area contributed by atoms with Gasteiger partial charge < -0.3 is 10.0 Å². The molecule has 0 spiro atoms. The summed E-state index contributed by atoms with van der Waals surface area (Å²) >= 11 is 0. The quantitative estimate of drug-likeness (QED) is 0.736. The predicted octanol–water partition coefficient (Wildman–Crippen LogP) is 0.386. The van der Waals surface area contributed by atoms with Gasteiger partial charge in [-0.2, -0.15) is 8.42 Å². The number of nitrogens with zero attached hydrogens (tertiary/aromatic N) is 1. The van der Waals surface area contributed by atoms with Crippen molar-refractivity contribution in [3.05, 3.63) is 0 Å². The van der Waals surface area contributed by atoms with Gasteiger partial charge in [0.15, 0.2) is 0 Å². The lowest BCUT2D eigenvalue weighted by molar-refractivity contribution is -0.149. The smallest absolute Gasteiger partial charge is 0.326 e. The molecule has 0 bridgehead atoms. The summed E-state index contributed by atoms with van der Waals surface area (Å²) in [5.74, 6) is -1.80. The average molecular weight is 281 g/mol. The van der Waals surface area contributed by atoms with Gasteiger partial charge in [-0.15, -0.1) is 3.89 Å². The molecule has 0 aromatic carbocycles. The molecule has 0 aromatic rings. The molecule has 6 nitrogen and oxygen atoms in total. The molecule has 1 heterocycles. The standard InChI is InChI=1S/C10H16FNO5S/c1-6(2)3-8(10(14)15)12-5-7(4-9(12)13)18(11,16)17/h6-8H,3-5H2,1-2H3,(H,14,15). The molecule has 1 aliphatic heterocycles. The molecule has 0 radical (unpaired) electrons. The fourth-order valence-electron chi connectivity index (χ4n) is 2.00. The van der Waals surface area contributed by atoms with E-state index in [1.165, 1.54) is 0 Å². The molecule has 0 saturated carbocycles. The Labute approximate surface area is 105 Å². The Kier molecular flexibility index (Phi) is 4.31. The number of hydrogen-bond donors (Lipinski definition) is 1. The van der Waals surface area contributed by atoms with Crippen LogP contribution in [0.15, 0.2) is 0 Å². The zero-order chi connectivity index (χ0) is 14.1. The zero-order valence-corrected chi connectivity index (χ0v) is 11.0. The van der Waals surface area contributed by atoms with Crippen LogP contribution in [0.2, 0.25) is 0 Å². The maximum absolute atomic E-state index is 12.8. The van der Waals surface area contributed by atoms with Gasteiger partial charge in [0, 0.05) is 13.0 Å². The van der Waals surface area contributed by atoms with Crippen LogP contribution < -0.4 is 0 Å². The lowest BCUT2D eigenvalue weighted by Crippen LogP contribution is -2.43. The largest absolute Gasteiger partial charge is 0.480 e. The van der Waals surface area contributed by atoms with Crippen LogP contribution in [0, 0.1) is 5.92 Å². The molecule has 1 N–H and O–H groups in total. The number of rotatable bonds is 5. The number of carbonyl (C=O) groups excluding carboxylic acids is 1. The first-order chi connectivity index (χ1) is 8.12. The molecule has 8 heteroatoms. The number of amides is 1. The average Bonchev–Trinajstić information content (AvgIpc) is 2.55. The Balaban J connectivity index is 2.88. The fourth-order valence-corrected chi connectivity index (χ4v) is 2.68. The first-order valence-corrected chi connectivity index (χ1v) is 7.03. The third kappa shape index (κ3) is 3.41. The summed E-state index contributed by atoms with van der Waals surface area (Å²) in [5.41, 5.74) is 0. The van der Waals surface area contributed by atoms with Crippen molar-refractivity contribution in [2.75, 3.05) is 6.54 Å². The zero-order valence-electron chi connectivity index (χ0n) is 10.2. The van der Waals surface area contributed by atoms with E-state index in [0.29, 0.717) is 0 Å². The van der Waals surface area contributed by atoms with Crippen LogP contribution >= 0.6 is 0 Å². The van der Waals surface area contributed by atoms with E-state index in [-0.39, 0.29) is 18.9 Å². The second kappa shape index (κ2) is 5.21. The second-order valence-corrected chi connectivity index (χ2v) is 6.45. The SMILES string of the molecule is CC(C)CC(C(=O)O)N1CC(S(=O)(=O)F)CC1=O. The Bertz CT molecular complexity index is 447. The first kappa shape index (κ1) is 14.9. The fraction of sp³-hybridized carbons (Fsp3) is 0.800. The van der Waals surface area contributed by atoms with Gasteiger partial charge in [-0.25, -0.2) is 4.79 Å². The van der Waals surface area contributed by atoms with E-state index in [4.69, 9.17) is 5.11 Å². The molecule has 18 heavy (non-hydrogen) atoms. The highest BCUT2D eigenvalue weighted by molar-refractivity contribution is 7.87. The Hall–Kier alpha value is -1.18. The van der Waals surface area contributed by atoms with Gasteiger partial charge in [0.25, 0.3) is 0 Å². The lowest BCUT2D eigenvalue weighted by atomic mass is 10.0. The normalized spacial score (nSPS) is 22.6. The van der Waals surface area contributed by atoms with Crippen molar-refractivity contribution in [2.45, 2.75) is 38.0 Å². The third-order valence-electron chi connectivity index (χ3n) is 2.88. The minimum absolute atomic E-state index is 0.0277. The van der Waals surface area contributed by atoms with Gasteiger partial charge in [-0.3, -0.25) is 4.79 Å². The molecule has 1 fully saturated rings. The highest BCUT2D eigenvalue weighted by atomic mass is 32.3. The molecule has 0 aromatic heterocycles. The molecule has 0 aliphatic carbocycles. The Morgan fingerprint density at radius 1 is 1.56 bits per heavy atom. The van der Waals surface area contributed by atoms with Gasteiger partial charge in [0.1, 0.15) is 11.3 Å². The minimum atomic E-state index is -4.81. The van der Waals surface area contributed by atoms with Crippen molar-refractivity contribution < 1.29 is 27.0 Å². The molecule has 104 valence electrons. The van der Waals surface area contributed by atoms with Crippen LogP contribution in [0.3, 0.4) is 0 Å². The maximum Gasteiger partial charge on any atom is 0.326 e. The van der Waals surface area contributed by atoms with Crippen LogP contribution in [-0.4, -0.2) is 48.1 Å². The topological polar surface area (TPSA) is 91.8 Å². The summed E-state index contributed by atoms with van der Waals surface area (Å²) in [7, 11) is -4.81. The highest BCUT2D eigenvalue weighted by Gasteiger charge is 2.43. The van der Waals surface area contributed by atoms with E-state index in [9.17, 15) is 21.9 Å². The van der Waals surface area contributed by atoms with E-state index in [1.54, 1.807) is 13.8 Å². The van der Waals surface area contributed by atoms with Gasteiger partial charge >= 0.3 is 16.2 Å². The summed E-state index contributed by atoms with van der Waals surface area (Å²) < 4.78 is 34.3. The van der Waals surface area contributed by atoms with E-state index < -0.39 is 39.8 Å². The van der Waals surface area contributed by atoms with Crippen LogP contribution in [-0.2, 0) is 19.8 Å². The van der Waals surface area contributed by atoms with Crippen LogP contribution in [0.4, 0.5) is 3.89 Å². The molecule has 1 aliphatic rings. The summed E-state index contributed by atoms with van der Waals surface area (Å²) in [6.07, 6.45) is -0.277. The highest BCUT2D eigenvalue weighted by Crippen LogP contribution is 2.24. The van der Waals surface area contributed by atoms with Crippen molar-refractivity contribution >= 4 is 22.1 Å². The van der Waals surface area contributed by atoms with Crippen molar-refractivity contribution in [3.8, 4) is 0 Å². The summed E-state index contributed by atoms with van der Waals surface area (Å²) in [5, 5.41) is 7.61. The molecule has 2 unspecified atom stereocenters. The van der Waals surface area contributed by atoms with E-state index in [0.717, 1.165) is 4.90 Å². The van der Waals surface area contributed by atoms with Crippen LogP contribution in [0.25, 0.3) is 0 Å². The Morgan fingerprint density at radius 2 is 2.11 bits per heavy atom. The first-order valence-electron chi connectivity index (χ1n) is 5.58. The number of likely N-dealkylation sites (tertiary alicyclic amines) is 1. The molecular formula is C10H16FNO5S. The van der Waals surface area contributed by atoms with Gasteiger partial charge in [0.2, 0.25) is 5.91 Å². The summed E-state index contributed by atoms with van der Waals surface area (Å²) in [4.78, 5) is 23.6. The number of carbonyl (C=O) groups is 2. The predicted molar refractivity (Wildman–Crippen MR) is 61.0 cm³/mol. The number of hydrogen-bond acceptors (Lipinski definition) is 4. The molecule has 2 atom stereocenters. The summed E-state index contributed by atoms with van der Waals surface area (Å²) in [6.45, 7) is 3.20. The lowest BCUT2D eigenvalue weighted by Gasteiger charge is -2.25. The van der Waals surface area contributed by atoms with E-state index in [2.05, 4.69) is 0 Å². The molecule has 1 rings (SSSR count). The monoisotopic (exact) mass is 281 g/mol. The van der Waals surface area contributed by atoms with Crippen LogP contribution in [0.5, 0.6) is 0 Å². The molecule has 1 amide bonds. The molecular weight excluding hydrogens is 265 g/mol. The van der Waals surface area contributed by atoms with Gasteiger partial charge in [-0.05, 0) is 12.3 Å². The second-order valence-electron chi connectivity index (χ2n) is 4.83.